The summed E-state index contributed by atoms with van der Waals surface area (Å²) in [5, 5.41) is 42.8. The molecule has 1 fully saturated rings. The molecule has 0 radical (unpaired) electrons. The first-order valence-corrected chi connectivity index (χ1v) is 6.55. The van der Waals surface area contributed by atoms with Crippen LogP contribution in [0.2, 0.25) is 0 Å². The van der Waals surface area contributed by atoms with Gasteiger partial charge >= 0.3 is 0 Å². The van der Waals surface area contributed by atoms with Crippen LogP contribution in [0.1, 0.15) is 0 Å². The first-order valence-electron chi connectivity index (χ1n) is 6.55. The molecule has 1 aliphatic heterocycles. The predicted molar refractivity (Wildman–Crippen MR) is 74.4 cm³/mol. The third kappa shape index (κ3) is 3.67. The van der Waals surface area contributed by atoms with Crippen molar-refractivity contribution in [2.24, 2.45) is 5.11 Å². The highest BCUT2D eigenvalue weighted by Crippen LogP contribution is 2.27. The number of benzene rings is 1. The molecule has 1 heterocycles. The number of non-ortho nitro benzene ring substituents is 1. The summed E-state index contributed by atoms with van der Waals surface area (Å²) < 4.78 is 10.7. The topological polar surface area (TPSA) is 171 Å². The maximum atomic E-state index is 10.6. The van der Waals surface area contributed by atoms with Crippen LogP contribution in [0.4, 0.5) is 5.69 Å². The lowest BCUT2D eigenvalue weighted by Gasteiger charge is -2.40. The van der Waals surface area contributed by atoms with Crippen LogP contribution in [0.15, 0.2) is 29.4 Å². The van der Waals surface area contributed by atoms with Crippen molar-refractivity contribution in [3.63, 3.8) is 0 Å². The van der Waals surface area contributed by atoms with Gasteiger partial charge in [-0.1, -0.05) is 5.11 Å². The zero-order valence-electron chi connectivity index (χ0n) is 11.7. The maximum Gasteiger partial charge on any atom is 0.269 e. The van der Waals surface area contributed by atoms with Crippen LogP contribution >= 0.6 is 0 Å². The standard InChI is InChI=1S/C12H14N4O7/c13-15-14-9-11(19)10(18)8(5-17)23-12(9)22-7-3-1-6(2-4-7)16(20)21/h1-4,8-12,17-19H,5H2/t8-,9-,10+,11-,12+/m1/s1. The van der Waals surface area contributed by atoms with Crippen molar-refractivity contribution in [3.05, 3.63) is 44.8 Å². The first-order chi connectivity index (χ1) is 11.0. The minimum atomic E-state index is -1.50. The predicted octanol–water partition coefficient (Wildman–Crippen LogP) is 0.0915. The molecule has 0 aromatic heterocycles. The highest BCUT2D eigenvalue weighted by Gasteiger charge is 2.45. The first kappa shape index (κ1) is 16.9. The Morgan fingerprint density at radius 2 is 2.00 bits per heavy atom. The van der Waals surface area contributed by atoms with Gasteiger partial charge in [0.05, 0.1) is 17.6 Å². The largest absolute Gasteiger partial charge is 0.464 e. The van der Waals surface area contributed by atoms with Crippen LogP contribution in [0, 0.1) is 10.1 Å². The van der Waals surface area contributed by atoms with E-state index in [1.165, 1.54) is 24.3 Å². The summed E-state index contributed by atoms with van der Waals surface area (Å²) in [6.07, 6.45) is -5.35. The minimum Gasteiger partial charge on any atom is -0.464 e. The third-order valence-electron chi connectivity index (χ3n) is 3.33. The number of hydrogen-bond donors (Lipinski definition) is 3. The number of aliphatic hydroxyl groups excluding tert-OH is 3. The summed E-state index contributed by atoms with van der Waals surface area (Å²) in [7, 11) is 0. The smallest absolute Gasteiger partial charge is 0.269 e. The number of ether oxygens (including phenoxy) is 2. The summed E-state index contributed by atoms with van der Waals surface area (Å²) in [6.45, 7) is -0.582. The molecule has 1 aromatic rings. The van der Waals surface area contributed by atoms with Gasteiger partial charge in [0.15, 0.2) is 0 Å². The van der Waals surface area contributed by atoms with E-state index in [9.17, 15) is 20.3 Å². The van der Waals surface area contributed by atoms with E-state index in [2.05, 4.69) is 10.0 Å². The molecular weight excluding hydrogens is 312 g/mol. The molecule has 0 spiro atoms. The Bertz CT molecular complexity index is 604. The van der Waals surface area contributed by atoms with Crippen molar-refractivity contribution < 1.29 is 29.7 Å². The Balaban J connectivity index is 2.20. The molecule has 11 nitrogen and oxygen atoms in total. The van der Waals surface area contributed by atoms with E-state index < -0.39 is 42.2 Å². The lowest BCUT2D eigenvalue weighted by atomic mass is 9.98. The van der Waals surface area contributed by atoms with Crippen LogP contribution in [0.3, 0.4) is 0 Å². The molecule has 1 aliphatic rings. The summed E-state index contributed by atoms with van der Waals surface area (Å²) in [5.41, 5.74) is 8.42. The second-order valence-corrected chi connectivity index (χ2v) is 4.77. The summed E-state index contributed by atoms with van der Waals surface area (Å²) >= 11 is 0. The number of rotatable bonds is 5. The van der Waals surface area contributed by atoms with E-state index >= 15 is 0 Å². The molecule has 2 rings (SSSR count). The molecule has 1 aromatic carbocycles. The third-order valence-corrected chi connectivity index (χ3v) is 3.33. The molecule has 124 valence electrons. The molecule has 0 unspecified atom stereocenters. The average molecular weight is 326 g/mol. The summed E-state index contributed by atoms with van der Waals surface area (Å²) in [6, 6.07) is 3.76. The molecule has 1 saturated heterocycles. The fourth-order valence-electron chi connectivity index (χ4n) is 2.13. The Morgan fingerprint density at radius 1 is 1.35 bits per heavy atom. The van der Waals surface area contributed by atoms with Gasteiger partial charge in [0.25, 0.3) is 5.69 Å². The Hall–Kier alpha value is -2.43. The van der Waals surface area contributed by atoms with Gasteiger partial charge in [0.2, 0.25) is 6.29 Å². The maximum absolute atomic E-state index is 10.6. The van der Waals surface area contributed by atoms with Gasteiger partial charge in [0, 0.05) is 17.0 Å². The van der Waals surface area contributed by atoms with Crippen LogP contribution in [0.5, 0.6) is 5.75 Å². The van der Waals surface area contributed by atoms with Gasteiger partial charge in [-0.3, -0.25) is 10.1 Å². The normalized spacial score (nSPS) is 30.3. The van der Waals surface area contributed by atoms with Gasteiger partial charge in [-0.15, -0.1) is 0 Å². The van der Waals surface area contributed by atoms with Gasteiger partial charge in [-0.05, 0) is 17.7 Å². The van der Waals surface area contributed by atoms with Gasteiger partial charge in [-0.25, -0.2) is 0 Å². The molecule has 0 aliphatic carbocycles. The van der Waals surface area contributed by atoms with Crippen molar-refractivity contribution >= 4 is 5.69 Å². The van der Waals surface area contributed by atoms with E-state index in [1.807, 2.05) is 0 Å². The number of nitrogens with zero attached hydrogens (tertiary/aromatic N) is 4. The molecule has 3 N–H and O–H groups in total. The highest BCUT2D eigenvalue weighted by molar-refractivity contribution is 5.36. The monoisotopic (exact) mass is 326 g/mol. The minimum absolute atomic E-state index is 0.141. The zero-order chi connectivity index (χ0) is 17.0. The lowest BCUT2D eigenvalue weighted by Crippen LogP contribution is -2.59. The Labute approximate surface area is 129 Å². The fraction of sp³-hybridized carbons (Fsp3) is 0.500. The number of azide groups is 1. The SMILES string of the molecule is [N-]=[N+]=N[C@H]1[C@@H](Oc2ccc([N+](=O)[O-])cc2)O[C@H](CO)[C@H](O)[C@@H]1O. The second-order valence-electron chi connectivity index (χ2n) is 4.77. The number of aliphatic hydroxyl groups is 3. The zero-order valence-corrected chi connectivity index (χ0v) is 11.7. The van der Waals surface area contributed by atoms with E-state index in [-0.39, 0.29) is 11.4 Å². The van der Waals surface area contributed by atoms with E-state index in [4.69, 9.17) is 20.1 Å². The highest BCUT2D eigenvalue weighted by atomic mass is 16.7. The molecule has 5 atom stereocenters. The van der Waals surface area contributed by atoms with Gasteiger partial charge in [-0.2, -0.15) is 0 Å². The molecule has 0 amide bonds. The van der Waals surface area contributed by atoms with E-state index in [0.29, 0.717) is 0 Å². The molecule has 0 bridgehead atoms. The molecular formula is C12H14N4O7. The molecule has 0 saturated carbocycles. The van der Waals surface area contributed by atoms with Crippen molar-refractivity contribution in [1.82, 2.24) is 0 Å². The van der Waals surface area contributed by atoms with Crippen LogP contribution < -0.4 is 4.74 Å². The fourth-order valence-corrected chi connectivity index (χ4v) is 2.13. The number of nitro groups is 1. The molecule has 11 heteroatoms. The quantitative estimate of drug-likeness (QED) is 0.226. The lowest BCUT2D eigenvalue weighted by molar-refractivity contribution is -0.384. The molecule has 23 heavy (non-hydrogen) atoms. The summed E-state index contributed by atoms with van der Waals surface area (Å²) in [4.78, 5) is 12.6. The Morgan fingerprint density at radius 3 is 2.52 bits per heavy atom. The Kier molecular flexibility index (Phi) is 5.32. The van der Waals surface area contributed by atoms with E-state index in [1.54, 1.807) is 0 Å². The van der Waals surface area contributed by atoms with Gasteiger partial charge < -0.3 is 24.8 Å². The van der Waals surface area contributed by atoms with Crippen LogP contribution in [-0.2, 0) is 4.74 Å². The summed E-state index contributed by atoms with van der Waals surface area (Å²) in [5.74, 6) is 0.166. The van der Waals surface area contributed by atoms with Crippen molar-refractivity contribution in [2.45, 2.75) is 30.6 Å². The average Bonchev–Trinajstić information content (AvgIpc) is 2.54. The number of hydrogen-bond acceptors (Lipinski definition) is 8. The number of nitro benzene ring substituents is 1. The van der Waals surface area contributed by atoms with Gasteiger partial charge in [0.1, 0.15) is 24.0 Å². The van der Waals surface area contributed by atoms with Crippen LogP contribution in [-0.4, -0.2) is 57.5 Å². The van der Waals surface area contributed by atoms with E-state index in [0.717, 1.165) is 0 Å². The van der Waals surface area contributed by atoms with Crippen molar-refractivity contribution in [3.8, 4) is 5.75 Å². The second kappa shape index (κ2) is 7.22. The van der Waals surface area contributed by atoms with Crippen LogP contribution in [0.25, 0.3) is 10.4 Å². The van der Waals surface area contributed by atoms with Crippen molar-refractivity contribution in [1.29, 1.82) is 0 Å². The van der Waals surface area contributed by atoms with Crippen molar-refractivity contribution in [2.75, 3.05) is 6.61 Å².